The van der Waals surface area contributed by atoms with Gasteiger partial charge in [-0.05, 0) is 25.0 Å². The molecule has 0 atom stereocenters. The fourth-order valence-electron chi connectivity index (χ4n) is 2.91. The van der Waals surface area contributed by atoms with Crippen molar-refractivity contribution in [3.8, 4) is 0 Å². The predicted molar refractivity (Wildman–Crippen MR) is 110 cm³/mol. The zero-order valence-electron chi connectivity index (χ0n) is 16.9. The normalized spacial score (nSPS) is 16.4. The Kier molecular flexibility index (Phi) is 6.07. The molecule has 2 aromatic rings. The van der Waals surface area contributed by atoms with Crippen LogP contribution in [0.3, 0.4) is 0 Å². The van der Waals surface area contributed by atoms with Gasteiger partial charge >= 0.3 is 0 Å². The molecular weight excluding hydrogens is 392 g/mol. The van der Waals surface area contributed by atoms with Crippen LogP contribution in [0.1, 0.15) is 57.8 Å². The molecule has 0 bridgehead atoms. The highest BCUT2D eigenvalue weighted by molar-refractivity contribution is 7.90. The van der Waals surface area contributed by atoms with Crippen molar-refractivity contribution < 1.29 is 17.7 Å². The van der Waals surface area contributed by atoms with Gasteiger partial charge in [0, 0.05) is 30.0 Å². The Bertz CT molecular complexity index is 1020. The van der Waals surface area contributed by atoms with Crippen molar-refractivity contribution in [1.29, 1.82) is 0 Å². The topological polar surface area (TPSA) is 114 Å². The standard InChI is InChI=1S/C20H26N4O4S/c1-20(2,3)16-13-17(23-28-16)22-18(25)11-5-4-8-12-21-19-14-9-6-7-10-15(14)29(26,27)24-19/h6-7,9-10,13H,4-5,8,11-12H2,1-3H3,(H,21,24)(H,22,23,25). The van der Waals surface area contributed by atoms with Crippen LogP contribution >= 0.6 is 0 Å². The van der Waals surface area contributed by atoms with Crippen LogP contribution in [0.2, 0.25) is 0 Å². The Morgan fingerprint density at radius 2 is 1.97 bits per heavy atom. The minimum atomic E-state index is -3.50. The van der Waals surface area contributed by atoms with E-state index < -0.39 is 10.0 Å². The molecule has 0 radical (unpaired) electrons. The Hall–Kier alpha value is -2.68. The van der Waals surface area contributed by atoms with Crippen LogP contribution in [-0.2, 0) is 20.2 Å². The number of rotatable bonds is 7. The quantitative estimate of drug-likeness (QED) is 0.670. The fraction of sp³-hybridized carbons (Fsp3) is 0.450. The first-order valence-corrected chi connectivity index (χ1v) is 11.1. The molecule has 1 aromatic heterocycles. The molecule has 1 amide bonds. The summed E-state index contributed by atoms with van der Waals surface area (Å²) in [5.74, 6) is 1.43. The number of unbranched alkanes of at least 4 members (excludes halogenated alkanes) is 2. The molecule has 8 nitrogen and oxygen atoms in total. The highest BCUT2D eigenvalue weighted by atomic mass is 32.2. The van der Waals surface area contributed by atoms with Crippen LogP contribution in [-0.4, -0.2) is 31.9 Å². The van der Waals surface area contributed by atoms with E-state index in [0.717, 1.165) is 18.6 Å². The lowest BCUT2D eigenvalue weighted by Crippen LogP contribution is -2.22. The summed E-state index contributed by atoms with van der Waals surface area (Å²) in [6, 6.07) is 8.53. The molecule has 1 aliphatic heterocycles. The number of nitrogens with zero attached hydrogens (tertiary/aromatic N) is 2. The van der Waals surface area contributed by atoms with Crippen LogP contribution in [0.5, 0.6) is 0 Å². The van der Waals surface area contributed by atoms with Crippen molar-refractivity contribution in [3.63, 3.8) is 0 Å². The van der Waals surface area contributed by atoms with Gasteiger partial charge in [0.05, 0.1) is 4.90 Å². The number of carbonyl (C=O) groups excluding carboxylic acids is 1. The molecule has 0 saturated heterocycles. The summed E-state index contributed by atoms with van der Waals surface area (Å²) in [6.45, 7) is 6.53. The van der Waals surface area contributed by atoms with Crippen LogP contribution in [0.4, 0.5) is 5.82 Å². The second kappa shape index (κ2) is 8.36. The molecule has 0 unspecified atom stereocenters. The minimum Gasteiger partial charge on any atom is -0.359 e. The zero-order valence-corrected chi connectivity index (χ0v) is 17.7. The van der Waals surface area contributed by atoms with Gasteiger partial charge < -0.3 is 9.84 Å². The smallest absolute Gasteiger partial charge is 0.263 e. The molecule has 3 rings (SSSR count). The maximum atomic E-state index is 12.0. The number of amidine groups is 1. The number of benzene rings is 1. The Morgan fingerprint density at radius 1 is 1.21 bits per heavy atom. The first-order valence-electron chi connectivity index (χ1n) is 9.60. The SMILES string of the molecule is CC(C)(C)c1cc(NC(=O)CCCCCN=C2NS(=O)(=O)c3ccccc32)no1. The fourth-order valence-corrected chi connectivity index (χ4v) is 4.16. The van der Waals surface area contributed by atoms with Gasteiger partial charge in [-0.3, -0.25) is 14.5 Å². The number of nitrogens with one attached hydrogen (secondary N) is 2. The Labute approximate surface area is 170 Å². The molecule has 156 valence electrons. The molecule has 0 spiro atoms. The van der Waals surface area contributed by atoms with E-state index >= 15 is 0 Å². The Morgan fingerprint density at radius 3 is 2.69 bits per heavy atom. The predicted octanol–water partition coefficient (Wildman–Crippen LogP) is 3.21. The molecule has 1 aromatic carbocycles. The number of aromatic nitrogens is 1. The molecule has 9 heteroatoms. The van der Waals surface area contributed by atoms with Crippen molar-refractivity contribution in [2.24, 2.45) is 4.99 Å². The van der Waals surface area contributed by atoms with E-state index in [9.17, 15) is 13.2 Å². The highest BCUT2D eigenvalue weighted by Crippen LogP contribution is 2.24. The van der Waals surface area contributed by atoms with Crippen molar-refractivity contribution >= 4 is 27.6 Å². The summed E-state index contributed by atoms with van der Waals surface area (Å²) < 4.78 is 31.8. The molecule has 29 heavy (non-hydrogen) atoms. The van der Waals surface area contributed by atoms with E-state index in [0.29, 0.717) is 36.6 Å². The van der Waals surface area contributed by atoms with Crippen molar-refractivity contribution in [3.05, 3.63) is 41.7 Å². The summed E-state index contributed by atoms with van der Waals surface area (Å²) >= 11 is 0. The van der Waals surface area contributed by atoms with Gasteiger partial charge in [-0.1, -0.05) is 44.5 Å². The van der Waals surface area contributed by atoms with Crippen LogP contribution < -0.4 is 10.0 Å². The molecule has 0 aliphatic carbocycles. The van der Waals surface area contributed by atoms with Gasteiger partial charge in [-0.25, -0.2) is 8.42 Å². The molecule has 0 saturated carbocycles. The number of hydrogen-bond donors (Lipinski definition) is 2. The van der Waals surface area contributed by atoms with E-state index in [2.05, 4.69) is 20.2 Å². The van der Waals surface area contributed by atoms with Crippen LogP contribution in [0, 0.1) is 0 Å². The summed E-state index contributed by atoms with van der Waals surface area (Å²) in [6.07, 6.45) is 2.66. The third kappa shape index (κ3) is 5.23. The minimum absolute atomic E-state index is 0.109. The summed E-state index contributed by atoms with van der Waals surface area (Å²) in [7, 11) is -3.50. The second-order valence-electron chi connectivity index (χ2n) is 8.02. The highest BCUT2D eigenvalue weighted by Gasteiger charge is 2.29. The second-order valence-corrected chi connectivity index (χ2v) is 9.67. The lowest BCUT2D eigenvalue weighted by molar-refractivity contribution is -0.116. The lowest BCUT2D eigenvalue weighted by atomic mass is 9.93. The monoisotopic (exact) mass is 418 g/mol. The molecule has 0 fully saturated rings. The maximum absolute atomic E-state index is 12.0. The van der Waals surface area contributed by atoms with Crippen molar-refractivity contribution in [2.45, 2.75) is 56.8 Å². The number of carbonyl (C=O) groups is 1. The number of amides is 1. The van der Waals surface area contributed by atoms with E-state index in [1.54, 1.807) is 30.3 Å². The van der Waals surface area contributed by atoms with Gasteiger partial charge in [0.15, 0.2) is 5.82 Å². The van der Waals surface area contributed by atoms with E-state index in [-0.39, 0.29) is 16.2 Å². The van der Waals surface area contributed by atoms with Crippen molar-refractivity contribution in [1.82, 2.24) is 9.88 Å². The third-order valence-electron chi connectivity index (χ3n) is 4.51. The maximum Gasteiger partial charge on any atom is 0.263 e. The van der Waals surface area contributed by atoms with E-state index in [4.69, 9.17) is 4.52 Å². The summed E-state index contributed by atoms with van der Waals surface area (Å²) in [5, 5.41) is 6.62. The number of fused-ring (bicyclic) bond motifs is 1. The number of anilines is 1. The number of sulfonamides is 1. The van der Waals surface area contributed by atoms with Gasteiger partial charge in [-0.2, -0.15) is 0 Å². The average molecular weight is 419 g/mol. The lowest BCUT2D eigenvalue weighted by Gasteiger charge is -2.12. The van der Waals surface area contributed by atoms with E-state index in [1.165, 1.54) is 0 Å². The van der Waals surface area contributed by atoms with Gasteiger partial charge in [0.1, 0.15) is 11.6 Å². The zero-order chi connectivity index (χ0) is 21.1. The Balaban J connectivity index is 1.40. The third-order valence-corrected chi connectivity index (χ3v) is 5.91. The number of hydrogen-bond acceptors (Lipinski definition) is 6. The van der Waals surface area contributed by atoms with Gasteiger partial charge in [0.25, 0.3) is 10.0 Å². The molecule has 2 N–H and O–H groups in total. The van der Waals surface area contributed by atoms with Gasteiger partial charge in [-0.15, -0.1) is 0 Å². The first kappa shape index (κ1) is 21.0. The molecule has 1 aliphatic rings. The number of aliphatic imine (C=N–C) groups is 1. The van der Waals surface area contributed by atoms with Crippen LogP contribution in [0.25, 0.3) is 0 Å². The summed E-state index contributed by atoms with van der Waals surface area (Å²) in [4.78, 5) is 16.7. The molecular formula is C20H26N4O4S. The van der Waals surface area contributed by atoms with Crippen molar-refractivity contribution in [2.75, 3.05) is 11.9 Å². The largest absolute Gasteiger partial charge is 0.359 e. The van der Waals surface area contributed by atoms with Crippen LogP contribution in [0.15, 0.2) is 44.7 Å². The summed E-state index contributed by atoms with van der Waals surface area (Å²) in [5.41, 5.74) is 0.444. The molecule has 2 heterocycles. The average Bonchev–Trinajstić information content (AvgIpc) is 3.21. The van der Waals surface area contributed by atoms with E-state index in [1.807, 2.05) is 20.8 Å². The van der Waals surface area contributed by atoms with Gasteiger partial charge in [0.2, 0.25) is 5.91 Å². The first-order chi connectivity index (χ1) is 13.7.